The number of amides is 1. The lowest BCUT2D eigenvalue weighted by molar-refractivity contribution is -0.127. The molecule has 1 saturated heterocycles. The molecule has 0 radical (unpaired) electrons. The van der Waals surface area contributed by atoms with Gasteiger partial charge in [-0.2, -0.15) is 0 Å². The molecular formula is C26H28N4O3. The Kier molecular flexibility index (Phi) is 6.07. The smallest absolute Gasteiger partial charge is 0.250 e. The molecule has 4 heterocycles. The highest BCUT2D eigenvalue weighted by Gasteiger charge is 2.55. The number of carbonyl (C=O) groups excluding carboxylic acids is 1. The molecular weight excluding hydrogens is 416 g/mol. The van der Waals surface area contributed by atoms with Crippen molar-refractivity contribution in [3.63, 3.8) is 0 Å². The van der Waals surface area contributed by atoms with Crippen LogP contribution in [0, 0.1) is 11.8 Å². The van der Waals surface area contributed by atoms with E-state index < -0.39 is 6.04 Å². The maximum atomic E-state index is 13.5. The molecule has 3 aromatic rings. The van der Waals surface area contributed by atoms with E-state index in [0.29, 0.717) is 19.6 Å². The first-order valence-corrected chi connectivity index (χ1v) is 11.4. The lowest BCUT2D eigenvalue weighted by Crippen LogP contribution is -2.48. The van der Waals surface area contributed by atoms with Crippen LogP contribution in [-0.4, -0.2) is 44.7 Å². The summed E-state index contributed by atoms with van der Waals surface area (Å²) in [7, 11) is 0. The molecule has 0 spiro atoms. The van der Waals surface area contributed by atoms with Gasteiger partial charge in [-0.3, -0.25) is 19.5 Å². The normalized spacial score (nSPS) is 23.8. The van der Waals surface area contributed by atoms with Gasteiger partial charge in [0, 0.05) is 62.2 Å². The van der Waals surface area contributed by atoms with Gasteiger partial charge in [-0.1, -0.05) is 36.4 Å². The van der Waals surface area contributed by atoms with E-state index in [4.69, 9.17) is 0 Å². The third kappa shape index (κ3) is 4.10. The van der Waals surface area contributed by atoms with Gasteiger partial charge in [0.25, 0.3) is 5.56 Å². The Labute approximate surface area is 192 Å². The molecule has 1 amide bonds. The molecule has 0 saturated carbocycles. The average molecular weight is 445 g/mol. The third-order valence-electron chi connectivity index (χ3n) is 7.01. The van der Waals surface area contributed by atoms with Crippen molar-refractivity contribution < 1.29 is 9.90 Å². The lowest BCUT2D eigenvalue weighted by atomic mass is 9.88. The van der Waals surface area contributed by atoms with Crippen molar-refractivity contribution >= 4 is 5.91 Å². The lowest BCUT2D eigenvalue weighted by Gasteiger charge is -2.30. The Bertz CT molecular complexity index is 1160. The summed E-state index contributed by atoms with van der Waals surface area (Å²) in [6.45, 7) is 1.49. The highest BCUT2D eigenvalue weighted by molar-refractivity contribution is 5.82. The molecule has 5 rings (SSSR count). The minimum atomic E-state index is -0.474. The van der Waals surface area contributed by atoms with E-state index in [9.17, 15) is 14.7 Å². The van der Waals surface area contributed by atoms with Gasteiger partial charge in [0.05, 0.1) is 12.1 Å². The molecule has 7 heteroatoms. The van der Waals surface area contributed by atoms with E-state index in [1.54, 1.807) is 29.1 Å². The van der Waals surface area contributed by atoms with Crippen LogP contribution < -0.4 is 10.9 Å². The molecule has 170 valence electrons. The zero-order valence-corrected chi connectivity index (χ0v) is 18.4. The minimum absolute atomic E-state index is 0.00295. The SMILES string of the molecule is O=C(NCCc1ccccc1)[C@@H]1[C@@H](CO)[C@@H]2Cn3c(cccc3=O)[C@@H]2N1Cc1ccncc1. The molecule has 0 bridgehead atoms. The second kappa shape index (κ2) is 9.29. The fourth-order valence-corrected chi connectivity index (χ4v) is 5.51. The first-order chi connectivity index (χ1) is 16.2. The van der Waals surface area contributed by atoms with Crippen LogP contribution in [0.3, 0.4) is 0 Å². The summed E-state index contributed by atoms with van der Waals surface area (Å²) in [4.78, 5) is 32.2. The van der Waals surface area contributed by atoms with Crippen LogP contribution in [0.2, 0.25) is 0 Å². The maximum Gasteiger partial charge on any atom is 0.250 e. The quantitative estimate of drug-likeness (QED) is 0.580. The second-order valence-corrected chi connectivity index (χ2v) is 8.85. The first kappa shape index (κ1) is 21.6. The van der Waals surface area contributed by atoms with Gasteiger partial charge in [0.1, 0.15) is 0 Å². The maximum absolute atomic E-state index is 13.5. The number of fused-ring (bicyclic) bond motifs is 3. The molecule has 0 unspecified atom stereocenters. The summed E-state index contributed by atoms with van der Waals surface area (Å²) in [5.41, 5.74) is 3.09. The molecule has 2 N–H and O–H groups in total. The van der Waals surface area contributed by atoms with E-state index >= 15 is 0 Å². The van der Waals surface area contributed by atoms with Crippen LogP contribution in [-0.2, 0) is 24.3 Å². The van der Waals surface area contributed by atoms with E-state index in [1.165, 1.54) is 5.56 Å². The van der Waals surface area contributed by atoms with Crippen LogP contribution in [0.1, 0.15) is 22.9 Å². The molecule has 1 fully saturated rings. The number of nitrogens with zero attached hydrogens (tertiary/aromatic N) is 3. The number of aliphatic hydroxyl groups excluding tert-OH is 1. The van der Waals surface area contributed by atoms with Crippen molar-refractivity contribution in [1.82, 2.24) is 19.8 Å². The number of benzene rings is 1. The van der Waals surface area contributed by atoms with Crippen molar-refractivity contribution in [2.45, 2.75) is 31.6 Å². The fraction of sp³-hybridized carbons (Fsp3) is 0.346. The van der Waals surface area contributed by atoms with Crippen LogP contribution in [0.15, 0.2) is 77.9 Å². The Morgan fingerprint density at radius 1 is 1.03 bits per heavy atom. The summed E-state index contributed by atoms with van der Waals surface area (Å²) in [5, 5.41) is 13.5. The Hall–Kier alpha value is -3.29. The van der Waals surface area contributed by atoms with Gasteiger partial charge in [-0.25, -0.2) is 0 Å². The number of aliphatic hydroxyl groups is 1. The molecule has 4 atom stereocenters. The number of likely N-dealkylation sites (tertiary alicyclic amines) is 1. The summed E-state index contributed by atoms with van der Waals surface area (Å²) in [6, 6.07) is 18.7. The zero-order valence-electron chi connectivity index (χ0n) is 18.4. The summed E-state index contributed by atoms with van der Waals surface area (Å²) >= 11 is 0. The monoisotopic (exact) mass is 444 g/mol. The Morgan fingerprint density at radius 3 is 2.58 bits per heavy atom. The van der Waals surface area contributed by atoms with E-state index in [1.807, 2.05) is 48.5 Å². The van der Waals surface area contributed by atoms with Crippen LogP contribution in [0.4, 0.5) is 0 Å². The topological polar surface area (TPSA) is 87.5 Å². The largest absolute Gasteiger partial charge is 0.396 e. The number of nitrogens with one attached hydrogen (secondary N) is 1. The number of carbonyl (C=O) groups is 1. The molecule has 2 aliphatic rings. The van der Waals surface area contributed by atoms with Crippen molar-refractivity contribution in [2.24, 2.45) is 11.8 Å². The fourth-order valence-electron chi connectivity index (χ4n) is 5.51. The number of aromatic nitrogens is 2. The highest BCUT2D eigenvalue weighted by atomic mass is 16.3. The van der Waals surface area contributed by atoms with Crippen LogP contribution in [0.25, 0.3) is 0 Å². The Morgan fingerprint density at radius 2 is 1.82 bits per heavy atom. The van der Waals surface area contributed by atoms with Gasteiger partial charge in [0.2, 0.25) is 5.91 Å². The van der Waals surface area contributed by atoms with Gasteiger partial charge in [-0.15, -0.1) is 0 Å². The van der Waals surface area contributed by atoms with Crippen molar-refractivity contribution in [1.29, 1.82) is 0 Å². The van der Waals surface area contributed by atoms with Crippen LogP contribution >= 0.6 is 0 Å². The number of pyridine rings is 2. The Balaban J connectivity index is 1.43. The van der Waals surface area contributed by atoms with Crippen LogP contribution in [0.5, 0.6) is 0 Å². The number of hydrogen-bond acceptors (Lipinski definition) is 5. The molecule has 0 aliphatic carbocycles. The number of hydrogen-bond donors (Lipinski definition) is 2. The van der Waals surface area contributed by atoms with E-state index in [-0.39, 0.29) is 36.0 Å². The molecule has 33 heavy (non-hydrogen) atoms. The van der Waals surface area contributed by atoms with Crippen molar-refractivity contribution in [2.75, 3.05) is 13.2 Å². The van der Waals surface area contributed by atoms with Gasteiger partial charge in [-0.05, 0) is 35.7 Å². The first-order valence-electron chi connectivity index (χ1n) is 11.4. The predicted octanol–water partition coefficient (Wildman–Crippen LogP) is 1.77. The summed E-state index contributed by atoms with van der Waals surface area (Å²) < 4.78 is 1.79. The molecule has 2 aromatic heterocycles. The predicted molar refractivity (Wildman–Crippen MR) is 124 cm³/mol. The highest BCUT2D eigenvalue weighted by Crippen LogP contribution is 2.49. The molecule has 1 aromatic carbocycles. The van der Waals surface area contributed by atoms with Gasteiger partial charge < -0.3 is 15.0 Å². The van der Waals surface area contributed by atoms with Gasteiger partial charge in [0.15, 0.2) is 0 Å². The standard InChI is InChI=1S/C26H28N4O3/c31-17-21-20-16-29-22(7-4-8-23(29)32)24(20)30(15-19-9-12-27-13-10-19)25(21)26(33)28-14-11-18-5-2-1-3-6-18/h1-10,12-13,20-21,24-25,31H,11,14-17H2,(H,28,33)/t20-,21-,24+,25-/m0/s1. The zero-order chi connectivity index (χ0) is 22.8. The minimum Gasteiger partial charge on any atom is -0.396 e. The van der Waals surface area contributed by atoms with E-state index in [2.05, 4.69) is 15.2 Å². The van der Waals surface area contributed by atoms with E-state index in [0.717, 1.165) is 17.7 Å². The second-order valence-electron chi connectivity index (χ2n) is 8.85. The summed E-state index contributed by atoms with van der Waals surface area (Å²) in [5.74, 6) is -0.331. The molecule has 7 nitrogen and oxygen atoms in total. The van der Waals surface area contributed by atoms with Crippen molar-refractivity contribution in [3.05, 3.63) is 100 Å². The summed E-state index contributed by atoms with van der Waals surface area (Å²) in [6.07, 6.45) is 4.24. The molecule has 2 aliphatic heterocycles. The van der Waals surface area contributed by atoms with Gasteiger partial charge >= 0.3 is 0 Å². The third-order valence-corrected chi connectivity index (χ3v) is 7.01. The van der Waals surface area contributed by atoms with Crippen molar-refractivity contribution in [3.8, 4) is 0 Å². The number of rotatable bonds is 7. The average Bonchev–Trinajstić information content (AvgIpc) is 3.36.